The SMILES string of the molecule is CCCn1cc(-n2cc(-c3cnc(NC4COC4)cc3C(F)(F)F)cn2)ccc1=O. The van der Waals surface area contributed by atoms with Gasteiger partial charge in [0.2, 0.25) is 0 Å². The van der Waals surface area contributed by atoms with Crippen LogP contribution in [-0.4, -0.2) is 38.6 Å². The summed E-state index contributed by atoms with van der Waals surface area (Å²) in [5, 5.41) is 7.12. The van der Waals surface area contributed by atoms with Crippen LogP contribution in [0.5, 0.6) is 0 Å². The Labute approximate surface area is 170 Å². The van der Waals surface area contributed by atoms with E-state index in [0.29, 0.717) is 25.4 Å². The molecule has 158 valence electrons. The van der Waals surface area contributed by atoms with Crippen molar-refractivity contribution in [2.24, 2.45) is 0 Å². The number of rotatable bonds is 6. The molecule has 3 aromatic rings. The topological polar surface area (TPSA) is 74.0 Å². The van der Waals surface area contributed by atoms with E-state index in [4.69, 9.17) is 4.74 Å². The fraction of sp³-hybridized carbons (Fsp3) is 0.350. The summed E-state index contributed by atoms with van der Waals surface area (Å²) in [6.45, 7) is 3.38. The van der Waals surface area contributed by atoms with Crippen molar-refractivity contribution in [3.8, 4) is 16.8 Å². The summed E-state index contributed by atoms with van der Waals surface area (Å²) < 4.78 is 49.2. The van der Waals surface area contributed by atoms with Gasteiger partial charge in [0.05, 0.1) is 36.7 Å². The van der Waals surface area contributed by atoms with E-state index < -0.39 is 11.7 Å². The Kier molecular flexibility index (Phi) is 5.33. The van der Waals surface area contributed by atoms with Crippen molar-refractivity contribution >= 4 is 5.82 Å². The van der Waals surface area contributed by atoms with Gasteiger partial charge in [-0.3, -0.25) is 4.79 Å². The van der Waals surface area contributed by atoms with E-state index in [-0.39, 0.29) is 28.5 Å². The van der Waals surface area contributed by atoms with E-state index >= 15 is 0 Å². The van der Waals surface area contributed by atoms with Crippen LogP contribution in [0.2, 0.25) is 0 Å². The molecule has 0 radical (unpaired) electrons. The van der Waals surface area contributed by atoms with Gasteiger partial charge in [-0.1, -0.05) is 6.92 Å². The van der Waals surface area contributed by atoms with Crippen molar-refractivity contribution in [2.75, 3.05) is 18.5 Å². The van der Waals surface area contributed by atoms with Gasteiger partial charge in [0.1, 0.15) is 5.82 Å². The Balaban J connectivity index is 1.68. The molecule has 0 aliphatic carbocycles. The number of alkyl halides is 3. The summed E-state index contributed by atoms with van der Waals surface area (Å²) in [7, 11) is 0. The molecule has 0 amide bonds. The predicted octanol–water partition coefficient (Wildman–Crippen LogP) is 3.34. The number of nitrogens with one attached hydrogen (secondary N) is 1. The van der Waals surface area contributed by atoms with Gasteiger partial charge in [0.15, 0.2) is 0 Å². The van der Waals surface area contributed by atoms with Crippen molar-refractivity contribution in [1.82, 2.24) is 19.3 Å². The van der Waals surface area contributed by atoms with E-state index in [9.17, 15) is 18.0 Å². The van der Waals surface area contributed by atoms with E-state index in [1.165, 1.54) is 29.3 Å². The molecule has 1 saturated heterocycles. The molecular formula is C20H20F3N5O2. The first kappa shape index (κ1) is 20.1. The maximum absolute atomic E-state index is 13.7. The third-order valence-electron chi connectivity index (χ3n) is 4.79. The zero-order valence-corrected chi connectivity index (χ0v) is 16.2. The van der Waals surface area contributed by atoms with Gasteiger partial charge in [-0.2, -0.15) is 18.3 Å². The second-order valence-electron chi connectivity index (χ2n) is 7.08. The molecule has 1 aliphatic heterocycles. The Hall–Kier alpha value is -3.14. The van der Waals surface area contributed by atoms with Crippen LogP contribution in [-0.2, 0) is 17.5 Å². The van der Waals surface area contributed by atoms with Gasteiger partial charge in [0, 0.05) is 42.3 Å². The Morgan fingerprint density at radius 2 is 2.03 bits per heavy atom. The lowest BCUT2D eigenvalue weighted by Crippen LogP contribution is -2.40. The first-order chi connectivity index (χ1) is 14.3. The first-order valence-electron chi connectivity index (χ1n) is 9.52. The number of ether oxygens (including phenoxy) is 1. The zero-order chi connectivity index (χ0) is 21.3. The summed E-state index contributed by atoms with van der Waals surface area (Å²) in [6.07, 6.45) is 1.91. The summed E-state index contributed by atoms with van der Waals surface area (Å²) in [6, 6.07) is 3.97. The maximum atomic E-state index is 13.7. The van der Waals surface area contributed by atoms with Gasteiger partial charge in [-0.15, -0.1) is 0 Å². The number of hydrogen-bond donors (Lipinski definition) is 1. The van der Waals surface area contributed by atoms with E-state index in [0.717, 1.165) is 12.5 Å². The molecule has 1 N–H and O–H groups in total. The quantitative estimate of drug-likeness (QED) is 0.664. The van der Waals surface area contributed by atoms with Crippen LogP contribution in [0.15, 0.2) is 47.8 Å². The lowest BCUT2D eigenvalue weighted by Gasteiger charge is -2.27. The number of aryl methyl sites for hydroxylation is 1. The Morgan fingerprint density at radius 1 is 1.23 bits per heavy atom. The summed E-state index contributed by atoms with van der Waals surface area (Å²) >= 11 is 0. The molecule has 4 rings (SSSR count). The number of nitrogens with zero attached hydrogens (tertiary/aromatic N) is 4. The number of pyridine rings is 2. The molecule has 1 fully saturated rings. The molecule has 0 unspecified atom stereocenters. The van der Waals surface area contributed by atoms with E-state index in [1.807, 2.05) is 6.92 Å². The van der Waals surface area contributed by atoms with Crippen LogP contribution in [0.25, 0.3) is 16.8 Å². The van der Waals surface area contributed by atoms with Gasteiger partial charge >= 0.3 is 6.18 Å². The van der Waals surface area contributed by atoms with E-state index in [2.05, 4.69) is 15.4 Å². The Bertz CT molecular complexity index is 1100. The summed E-state index contributed by atoms with van der Waals surface area (Å²) in [5.74, 6) is 0.151. The molecule has 3 aromatic heterocycles. The van der Waals surface area contributed by atoms with E-state index in [1.54, 1.807) is 16.8 Å². The Morgan fingerprint density at radius 3 is 2.70 bits per heavy atom. The average Bonchev–Trinajstić information content (AvgIpc) is 3.16. The summed E-state index contributed by atoms with van der Waals surface area (Å²) in [4.78, 5) is 16.0. The molecular weight excluding hydrogens is 399 g/mol. The second kappa shape index (κ2) is 7.94. The highest BCUT2D eigenvalue weighted by atomic mass is 19.4. The molecule has 0 saturated carbocycles. The minimum absolute atomic E-state index is 0.0361. The molecule has 0 aromatic carbocycles. The van der Waals surface area contributed by atoms with Gasteiger partial charge < -0.3 is 14.6 Å². The normalized spacial score (nSPS) is 14.5. The fourth-order valence-electron chi connectivity index (χ4n) is 3.20. The van der Waals surface area contributed by atoms with Crippen molar-refractivity contribution in [2.45, 2.75) is 32.1 Å². The fourth-order valence-corrected chi connectivity index (χ4v) is 3.20. The van der Waals surface area contributed by atoms with Crippen LogP contribution >= 0.6 is 0 Å². The minimum Gasteiger partial charge on any atom is -0.377 e. The van der Waals surface area contributed by atoms with Crippen LogP contribution in [0.3, 0.4) is 0 Å². The number of anilines is 1. The third-order valence-corrected chi connectivity index (χ3v) is 4.79. The molecule has 0 spiro atoms. The highest BCUT2D eigenvalue weighted by Gasteiger charge is 2.35. The lowest BCUT2D eigenvalue weighted by molar-refractivity contribution is -0.137. The molecule has 10 heteroatoms. The van der Waals surface area contributed by atoms with Crippen LogP contribution < -0.4 is 10.9 Å². The third kappa shape index (κ3) is 4.09. The van der Waals surface area contributed by atoms with Gasteiger partial charge in [-0.05, 0) is 18.6 Å². The standard InChI is InChI=1S/C20H20F3N5O2/c1-2-5-27-10-15(3-4-19(27)29)28-9-13(7-25-28)16-8-24-18(26-14-11-30-12-14)6-17(16)20(21,22)23/h3-4,6-10,14H,2,5,11-12H2,1H3,(H,24,26). The number of hydrogen-bond acceptors (Lipinski definition) is 5. The van der Waals surface area contributed by atoms with Gasteiger partial charge in [-0.25, -0.2) is 9.67 Å². The largest absolute Gasteiger partial charge is 0.417 e. The molecule has 0 atom stereocenters. The predicted molar refractivity (Wildman–Crippen MR) is 105 cm³/mol. The summed E-state index contributed by atoms with van der Waals surface area (Å²) in [5.41, 5.74) is -0.140. The monoisotopic (exact) mass is 419 g/mol. The number of aromatic nitrogens is 4. The van der Waals surface area contributed by atoms with Crippen LogP contribution in [0, 0.1) is 0 Å². The van der Waals surface area contributed by atoms with Crippen molar-refractivity contribution < 1.29 is 17.9 Å². The van der Waals surface area contributed by atoms with Crippen LogP contribution in [0.1, 0.15) is 18.9 Å². The molecule has 4 heterocycles. The van der Waals surface area contributed by atoms with Gasteiger partial charge in [0.25, 0.3) is 5.56 Å². The smallest absolute Gasteiger partial charge is 0.377 e. The zero-order valence-electron chi connectivity index (χ0n) is 16.2. The maximum Gasteiger partial charge on any atom is 0.417 e. The number of halogens is 3. The molecule has 30 heavy (non-hydrogen) atoms. The van der Waals surface area contributed by atoms with Crippen molar-refractivity contribution in [3.63, 3.8) is 0 Å². The van der Waals surface area contributed by atoms with Crippen molar-refractivity contribution in [1.29, 1.82) is 0 Å². The minimum atomic E-state index is -4.55. The average molecular weight is 419 g/mol. The molecule has 0 bridgehead atoms. The molecule has 1 aliphatic rings. The lowest BCUT2D eigenvalue weighted by atomic mass is 10.0. The molecule has 7 nitrogen and oxygen atoms in total. The highest BCUT2D eigenvalue weighted by Crippen LogP contribution is 2.38. The highest BCUT2D eigenvalue weighted by molar-refractivity contribution is 5.68. The second-order valence-corrected chi connectivity index (χ2v) is 7.08. The van der Waals surface area contributed by atoms with Crippen molar-refractivity contribution in [3.05, 3.63) is 58.9 Å². The van der Waals surface area contributed by atoms with Crippen LogP contribution in [0.4, 0.5) is 19.0 Å². The first-order valence-corrected chi connectivity index (χ1v) is 9.52.